The number of guanidine groups is 1. The Bertz CT molecular complexity index is 2090. The molecule has 2 aromatic carbocycles. The molecule has 0 unspecified atom stereocenters. The van der Waals surface area contributed by atoms with Crippen molar-refractivity contribution in [1.82, 2.24) is 37.2 Å². The van der Waals surface area contributed by atoms with Crippen LogP contribution in [-0.2, 0) is 51.2 Å². The standard InChI is InChI=1S/C44H63N11O13/c1-24(2)21-34(43(65)66)53-38(60)30(12-8-20-48-44(45)46)49-40(62)33(23-27-13-15-28(16-14-27)55(67)68)52-41(63)32(22-26-9-5-4-6-10-26)51-39(61)31(17-18-35(57)58)50-42(64)36(25(3)56)54-37(59)29-11-7-19-47-29/h4-6,9-10,13-16,24-25,29-34,36,47,56H,7-8,11-12,17-23H2,1-3H3,(H,49,62)(H,50,64)(H,51,61)(H,52,63)(H,53,60)(H,54,59)(H,57,58)(H,65,66)(H4,45,46,48)/t25-,29+,30+,31+,32+,33+,34+,36+/m1/s1. The molecule has 0 saturated carbocycles. The zero-order valence-corrected chi connectivity index (χ0v) is 38.1. The number of nitrogens with zero attached hydrogens (tertiary/aromatic N) is 2. The molecule has 24 nitrogen and oxygen atoms in total. The van der Waals surface area contributed by atoms with Crippen LogP contribution in [0.25, 0.3) is 0 Å². The van der Waals surface area contributed by atoms with E-state index in [0.29, 0.717) is 30.5 Å². The van der Waals surface area contributed by atoms with Crippen LogP contribution in [-0.4, -0.2) is 135 Å². The van der Waals surface area contributed by atoms with E-state index in [9.17, 15) is 63.8 Å². The topological polar surface area (TPSA) is 389 Å². The van der Waals surface area contributed by atoms with E-state index in [2.05, 4.69) is 42.2 Å². The minimum Gasteiger partial charge on any atom is -0.481 e. The number of nitro groups is 1. The highest BCUT2D eigenvalue weighted by atomic mass is 16.6. The summed E-state index contributed by atoms with van der Waals surface area (Å²) in [5.41, 5.74) is 11.5. The molecular formula is C44H63N11O13. The quantitative estimate of drug-likeness (QED) is 0.0151. The molecule has 68 heavy (non-hydrogen) atoms. The first-order valence-corrected chi connectivity index (χ1v) is 22.2. The highest BCUT2D eigenvalue weighted by molar-refractivity contribution is 5.97. The average molecular weight is 954 g/mol. The van der Waals surface area contributed by atoms with Gasteiger partial charge in [0.05, 0.1) is 17.1 Å². The Morgan fingerprint density at radius 3 is 1.74 bits per heavy atom. The second kappa shape index (κ2) is 27.4. The molecule has 372 valence electrons. The van der Waals surface area contributed by atoms with Crippen LogP contribution < -0.4 is 48.7 Å². The van der Waals surface area contributed by atoms with Crippen LogP contribution in [0.3, 0.4) is 0 Å². The highest BCUT2D eigenvalue weighted by Crippen LogP contribution is 2.15. The summed E-state index contributed by atoms with van der Waals surface area (Å²) in [7, 11) is 0. The summed E-state index contributed by atoms with van der Waals surface area (Å²) in [4.78, 5) is 121. The molecule has 6 amide bonds. The van der Waals surface area contributed by atoms with Crippen LogP contribution in [0.5, 0.6) is 0 Å². The Hall–Kier alpha value is -7.21. The highest BCUT2D eigenvalue weighted by Gasteiger charge is 2.36. The molecule has 1 aliphatic heterocycles. The lowest BCUT2D eigenvalue weighted by Crippen LogP contribution is -2.61. The maximum absolute atomic E-state index is 14.5. The van der Waals surface area contributed by atoms with E-state index in [1.165, 1.54) is 31.2 Å². The third-order valence-corrected chi connectivity index (χ3v) is 10.8. The van der Waals surface area contributed by atoms with Crippen molar-refractivity contribution in [1.29, 1.82) is 0 Å². The van der Waals surface area contributed by atoms with Crippen LogP contribution >= 0.6 is 0 Å². The molecule has 1 saturated heterocycles. The maximum atomic E-state index is 14.5. The lowest BCUT2D eigenvalue weighted by molar-refractivity contribution is -0.384. The van der Waals surface area contributed by atoms with Gasteiger partial charge >= 0.3 is 11.9 Å². The van der Waals surface area contributed by atoms with Crippen molar-refractivity contribution in [2.45, 2.75) is 127 Å². The van der Waals surface area contributed by atoms with Crippen LogP contribution in [0, 0.1) is 16.0 Å². The van der Waals surface area contributed by atoms with Gasteiger partial charge in [-0.3, -0.25) is 48.7 Å². The SMILES string of the molecule is CC(C)C[C@H](NC(=O)[C@H](CCCN=C(N)N)NC(=O)[C@H](Cc1ccc([N+](=O)[O-])cc1)NC(=O)[C@H](Cc1ccccc1)NC(=O)[C@H](CCC(=O)O)NC(=O)[C@@H](NC(=O)[C@@H]1CCCN1)[C@@H](C)O)C(=O)O. The predicted octanol–water partition coefficient (Wildman–Crippen LogP) is -1.53. The summed E-state index contributed by atoms with van der Waals surface area (Å²) in [6.07, 6.45) is -1.85. The Labute approximate surface area is 392 Å². The van der Waals surface area contributed by atoms with Crippen LogP contribution in [0.1, 0.15) is 76.8 Å². The number of hydrogen-bond donors (Lipinski definition) is 12. The van der Waals surface area contributed by atoms with Gasteiger partial charge in [0.1, 0.15) is 36.3 Å². The van der Waals surface area contributed by atoms with Crippen molar-refractivity contribution in [3.8, 4) is 0 Å². The minimum absolute atomic E-state index is 0.0281. The molecule has 0 spiro atoms. The molecule has 1 fully saturated rings. The molecule has 1 aliphatic rings. The number of aliphatic imine (C=N–C) groups is 1. The molecule has 8 atom stereocenters. The lowest BCUT2D eigenvalue weighted by Gasteiger charge is -2.28. The number of aliphatic hydroxyl groups excluding tert-OH is 1. The zero-order valence-electron chi connectivity index (χ0n) is 38.1. The van der Waals surface area contributed by atoms with Crippen LogP contribution in [0.2, 0.25) is 0 Å². The van der Waals surface area contributed by atoms with E-state index in [1.54, 1.807) is 44.2 Å². The number of non-ortho nitro benzene ring substituents is 1. The van der Waals surface area contributed by atoms with Crippen molar-refractivity contribution >= 4 is 59.0 Å². The Morgan fingerprint density at radius 2 is 1.25 bits per heavy atom. The lowest BCUT2D eigenvalue weighted by atomic mass is 10.0. The molecule has 0 bridgehead atoms. The molecule has 24 heteroatoms. The van der Waals surface area contributed by atoms with Gasteiger partial charge in [0.2, 0.25) is 35.4 Å². The van der Waals surface area contributed by atoms with Gasteiger partial charge in [0.15, 0.2) is 5.96 Å². The molecule has 1 heterocycles. The Balaban J connectivity index is 2.01. The monoisotopic (exact) mass is 953 g/mol. The Kier molecular flexibility index (Phi) is 22.2. The van der Waals surface area contributed by atoms with E-state index >= 15 is 0 Å². The third kappa shape index (κ3) is 18.9. The number of amides is 6. The van der Waals surface area contributed by atoms with E-state index in [4.69, 9.17) is 11.5 Å². The molecule has 0 radical (unpaired) electrons. The van der Waals surface area contributed by atoms with Gasteiger partial charge in [0.25, 0.3) is 5.69 Å². The summed E-state index contributed by atoms with van der Waals surface area (Å²) in [5.74, 6) is -8.44. The van der Waals surface area contributed by atoms with Crippen molar-refractivity contribution in [3.05, 3.63) is 75.8 Å². The minimum atomic E-state index is -1.63. The first-order chi connectivity index (χ1) is 32.1. The van der Waals surface area contributed by atoms with Gasteiger partial charge in [-0.1, -0.05) is 56.3 Å². The number of rotatable bonds is 28. The fourth-order valence-corrected chi connectivity index (χ4v) is 7.18. The number of nitro benzene ring substituents is 1. The number of aliphatic hydroxyl groups is 1. The smallest absolute Gasteiger partial charge is 0.326 e. The van der Waals surface area contributed by atoms with Crippen molar-refractivity contribution in [3.63, 3.8) is 0 Å². The van der Waals surface area contributed by atoms with E-state index < -0.39 is 114 Å². The molecular weight excluding hydrogens is 891 g/mol. The third-order valence-electron chi connectivity index (χ3n) is 10.8. The van der Waals surface area contributed by atoms with Crippen molar-refractivity contribution in [2.24, 2.45) is 22.4 Å². The van der Waals surface area contributed by atoms with Gasteiger partial charge < -0.3 is 64.0 Å². The summed E-state index contributed by atoms with van der Waals surface area (Å²) < 4.78 is 0. The first-order valence-electron chi connectivity index (χ1n) is 22.2. The predicted molar refractivity (Wildman–Crippen MR) is 245 cm³/mol. The Morgan fingerprint density at radius 1 is 0.735 bits per heavy atom. The van der Waals surface area contributed by atoms with Gasteiger partial charge in [0, 0.05) is 37.9 Å². The number of nitrogens with one attached hydrogen (secondary N) is 7. The number of carboxylic acid groups (broad SMARTS) is 2. The average Bonchev–Trinajstić information content (AvgIpc) is 3.83. The fourth-order valence-electron chi connectivity index (χ4n) is 7.18. The maximum Gasteiger partial charge on any atom is 0.326 e. The number of aliphatic carboxylic acids is 2. The number of benzene rings is 2. The fraction of sp³-hybridized carbons (Fsp3) is 0.523. The number of nitrogens with two attached hydrogens (primary N) is 2. The second-order valence-electron chi connectivity index (χ2n) is 16.8. The van der Waals surface area contributed by atoms with Crippen molar-refractivity contribution < 1.29 is 58.6 Å². The van der Waals surface area contributed by atoms with Gasteiger partial charge in [-0.05, 0) is 69.0 Å². The number of carbonyl (C=O) groups is 8. The van der Waals surface area contributed by atoms with E-state index in [1.807, 2.05) is 0 Å². The molecule has 14 N–H and O–H groups in total. The van der Waals surface area contributed by atoms with E-state index in [0.717, 1.165) is 0 Å². The number of carboxylic acids is 2. The molecule has 0 aromatic heterocycles. The summed E-state index contributed by atoms with van der Waals surface area (Å²) in [6, 6.07) is 3.70. The first kappa shape index (κ1) is 55.1. The summed E-state index contributed by atoms with van der Waals surface area (Å²) >= 11 is 0. The van der Waals surface area contributed by atoms with Gasteiger partial charge in [-0.25, -0.2) is 4.79 Å². The zero-order chi connectivity index (χ0) is 50.5. The van der Waals surface area contributed by atoms with Crippen LogP contribution in [0.4, 0.5) is 5.69 Å². The normalized spacial score (nSPS) is 16.3. The number of carbonyl (C=O) groups excluding carboxylic acids is 6. The molecule has 3 rings (SSSR count). The summed E-state index contributed by atoms with van der Waals surface area (Å²) in [6.45, 7) is 5.34. The molecule has 0 aliphatic carbocycles. The second-order valence-corrected chi connectivity index (χ2v) is 16.8. The van der Waals surface area contributed by atoms with Crippen LogP contribution in [0.15, 0.2) is 59.6 Å². The molecule has 2 aromatic rings. The van der Waals surface area contributed by atoms with Gasteiger partial charge in [-0.15, -0.1) is 0 Å². The van der Waals surface area contributed by atoms with E-state index in [-0.39, 0.29) is 56.2 Å². The largest absolute Gasteiger partial charge is 0.481 e. The van der Waals surface area contributed by atoms with Crippen molar-refractivity contribution in [2.75, 3.05) is 13.1 Å². The van der Waals surface area contributed by atoms with Gasteiger partial charge in [-0.2, -0.15) is 0 Å². The summed E-state index contributed by atoms with van der Waals surface area (Å²) in [5, 5.41) is 59.3. The number of hydrogen-bond acceptors (Lipinski definition) is 13.